The van der Waals surface area contributed by atoms with Crippen LogP contribution >= 0.6 is 11.6 Å². The number of nitrogens with one attached hydrogen (secondary N) is 2. The van der Waals surface area contributed by atoms with E-state index >= 15 is 0 Å². The van der Waals surface area contributed by atoms with E-state index < -0.39 is 5.97 Å². The molecule has 8 heteroatoms. The molecule has 0 saturated carbocycles. The van der Waals surface area contributed by atoms with E-state index in [-0.39, 0.29) is 0 Å². The Kier molecular flexibility index (Phi) is 5.96. The highest BCUT2D eigenvalue weighted by Crippen LogP contribution is 2.28. The fourth-order valence-electron chi connectivity index (χ4n) is 2.55. The molecule has 144 valence electrons. The minimum atomic E-state index is -0.445. The molecule has 1 heterocycles. The summed E-state index contributed by atoms with van der Waals surface area (Å²) in [5, 5.41) is 6.80. The van der Waals surface area contributed by atoms with Crippen molar-refractivity contribution in [3.63, 3.8) is 0 Å². The van der Waals surface area contributed by atoms with Crippen LogP contribution in [0.5, 0.6) is 5.75 Å². The summed E-state index contributed by atoms with van der Waals surface area (Å²) in [5.41, 5.74) is 1.75. The molecule has 0 spiro atoms. The molecule has 0 aliphatic carbocycles. The number of nitrogens with zero attached hydrogens (tertiary/aromatic N) is 2. The first-order chi connectivity index (χ1) is 13.5. The predicted octanol–water partition coefficient (Wildman–Crippen LogP) is 4.72. The number of aromatic nitrogens is 2. The molecular weight excluding hydrogens is 380 g/mol. The largest absolute Gasteiger partial charge is 0.497 e. The molecule has 0 aliphatic heterocycles. The van der Waals surface area contributed by atoms with Crippen molar-refractivity contribution in [2.75, 3.05) is 24.9 Å². The Balaban J connectivity index is 1.86. The lowest BCUT2D eigenvalue weighted by molar-refractivity contribution is 0.0601. The fourth-order valence-corrected chi connectivity index (χ4v) is 2.71. The lowest BCUT2D eigenvalue weighted by atomic mass is 10.2. The van der Waals surface area contributed by atoms with Gasteiger partial charge in [-0.3, -0.25) is 0 Å². The van der Waals surface area contributed by atoms with Gasteiger partial charge in [0.25, 0.3) is 0 Å². The van der Waals surface area contributed by atoms with Gasteiger partial charge >= 0.3 is 5.97 Å². The van der Waals surface area contributed by atoms with E-state index in [2.05, 4.69) is 20.6 Å². The van der Waals surface area contributed by atoms with Crippen molar-refractivity contribution in [2.45, 2.75) is 6.92 Å². The maximum Gasteiger partial charge on any atom is 0.337 e. The van der Waals surface area contributed by atoms with Crippen molar-refractivity contribution in [3.8, 4) is 5.75 Å². The number of anilines is 4. The molecule has 0 aliphatic rings. The third kappa shape index (κ3) is 4.69. The Hall–Kier alpha value is -3.32. The van der Waals surface area contributed by atoms with Crippen LogP contribution in [0.1, 0.15) is 16.2 Å². The highest BCUT2D eigenvalue weighted by atomic mass is 35.5. The van der Waals surface area contributed by atoms with Crippen LogP contribution in [0.25, 0.3) is 0 Å². The normalized spacial score (nSPS) is 10.3. The quantitative estimate of drug-likeness (QED) is 0.581. The smallest absolute Gasteiger partial charge is 0.337 e. The van der Waals surface area contributed by atoms with Gasteiger partial charge in [-0.05, 0) is 37.3 Å². The van der Waals surface area contributed by atoms with Gasteiger partial charge in [-0.25, -0.2) is 14.8 Å². The molecule has 0 saturated heterocycles. The maximum absolute atomic E-state index is 11.8. The molecule has 2 N–H and O–H groups in total. The van der Waals surface area contributed by atoms with Crippen LogP contribution in [0.15, 0.2) is 48.5 Å². The molecular formula is C20H19ClN4O3. The first kappa shape index (κ1) is 19.4. The zero-order valence-corrected chi connectivity index (χ0v) is 16.4. The molecule has 2 aromatic carbocycles. The minimum Gasteiger partial charge on any atom is -0.497 e. The second kappa shape index (κ2) is 8.58. The van der Waals surface area contributed by atoms with E-state index in [0.717, 1.165) is 11.4 Å². The number of benzene rings is 2. The molecule has 28 heavy (non-hydrogen) atoms. The van der Waals surface area contributed by atoms with E-state index in [1.54, 1.807) is 38.3 Å². The number of hydrogen-bond donors (Lipinski definition) is 2. The van der Waals surface area contributed by atoms with Crippen molar-refractivity contribution >= 4 is 40.6 Å². The highest BCUT2D eigenvalue weighted by Gasteiger charge is 2.11. The summed E-state index contributed by atoms with van der Waals surface area (Å²) in [6.45, 7) is 1.79. The van der Waals surface area contributed by atoms with Gasteiger partial charge in [0.05, 0.1) is 30.5 Å². The molecule has 1 aromatic heterocycles. The zero-order valence-electron chi connectivity index (χ0n) is 15.6. The lowest BCUT2D eigenvalue weighted by Crippen LogP contribution is -2.04. The van der Waals surface area contributed by atoms with Crippen molar-refractivity contribution in [1.82, 2.24) is 9.97 Å². The van der Waals surface area contributed by atoms with E-state index in [9.17, 15) is 4.79 Å². The molecule has 7 nitrogen and oxygen atoms in total. The molecule has 0 fully saturated rings. The first-order valence-electron chi connectivity index (χ1n) is 8.40. The van der Waals surface area contributed by atoms with Crippen molar-refractivity contribution in [1.29, 1.82) is 0 Å². The second-order valence-corrected chi connectivity index (χ2v) is 6.26. The highest BCUT2D eigenvalue weighted by molar-refractivity contribution is 6.33. The predicted molar refractivity (Wildman–Crippen MR) is 109 cm³/mol. The Morgan fingerprint density at radius 1 is 1.00 bits per heavy atom. The van der Waals surface area contributed by atoms with Crippen LogP contribution in [0, 0.1) is 6.92 Å². The number of carbonyl (C=O) groups is 1. The molecule has 0 unspecified atom stereocenters. The number of ether oxygens (including phenoxy) is 2. The monoisotopic (exact) mass is 398 g/mol. The van der Waals surface area contributed by atoms with Crippen LogP contribution in [0.4, 0.5) is 23.0 Å². The summed E-state index contributed by atoms with van der Waals surface area (Å²) in [6, 6.07) is 14.1. The summed E-state index contributed by atoms with van der Waals surface area (Å²) in [7, 11) is 2.94. The number of halogens is 1. The average molecular weight is 399 g/mol. The second-order valence-electron chi connectivity index (χ2n) is 5.85. The Bertz CT molecular complexity index is 1010. The first-order valence-corrected chi connectivity index (χ1v) is 8.78. The average Bonchev–Trinajstić information content (AvgIpc) is 2.68. The van der Waals surface area contributed by atoms with Gasteiger partial charge < -0.3 is 20.1 Å². The SMILES string of the molecule is COC(=O)c1ccc(Cl)c(Nc2cc(Nc3cccc(OC)c3)nc(C)n2)c1. The zero-order chi connectivity index (χ0) is 20.1. The summed E-state index contributed by atoms with van der Waals surface area (Å²) in [6.07, 6.45) is 0. The van der Waals surface area contributed by atoms with Crippen molar-refractivity contribution in [2.24, 2.45) is 0 Å². The van der Waals surface area contributed by atoms with Gasteiger partial charge in [-0.2, -0.15) is 0 Å². The Morgan fingerprint density at radius 3 is 2.46 bits per heavy atom. The Morgan fingerprint density at radius 2 is 1.75 bits per heavy atom. The molecule has 0 bridgehead atoms. The van der Waals surface area contributed by atoms with Gasteiger partial charge in [-0.15, -0.1) is 0 Å². The van der Waals surface area contributed by atoms with E-state index in [4.69, 9.17) is 21.1 Å². The summed E-state index contributed by atoms with van der Waals surface area (Å²) in [5.74, 6) is 1.99. The third-order valence-corrected chi connectivity index (χ3v) is 4.16. The molecule has 3 aromatic rings. The minimum absolute atomic E-state index is 0.384. The number of rotatable bonds is 6. The van der Waals surface area contributed by atoms with Crippen LogP contribution in [0.2, 0.25) is 5.02 Å². The topological polar surface area (TPSA) is 85.4 Å². The van der Waals surface area contributed by atoms with Gasteiger partial charge in [0, 0.05) is 17.8 Å². The van der Waals surface area contributed by atoms with Crippen LogP contribution in [0.3, 0.4) is 0 Å². The molecule has 0 atom stereocenters. The number of carbonyl (C=O) groups excluding carboxylic acids is 1. The number of esters is 1. The number of methoxy groups -OCH3 is 2. The van der Waals surface area contributed by atoms with Crippen LogP contribution in [-0.4, -0.2) is 30.2 Å². The molecule has 0 radical (unpaired) electrons. The van der Waals surface area contributed by atoms with E-state index in [0.29, 0.717) is 33.7 Å². The van der Waals surface area contributed by atoms with Crippen LogP contribution < -0.4 is 15.4 Å². The number of hydrogen-bond acceptors (Lipinski definition) is 7. The number of aryl methyl sites for hydroxylation is 1. The summed E-state index contributed by atoms with van der Waals surface area (Å²) >= 11 is 6.25. The Labute approximate surface area is 167 Å². The summed E-state index contributed by atoms with van der Waals surface area (Å²) < 4.78 is 9.98. The van der Waals surface area contributed by atoms with Gasteiger partial charge in [-0.1, -0.05) is 17.7 Å². The molecule has 3 rings (SSSR count). The maximum atomic E-state index is 11.8. The van der Waals surface area contributed by atoms with Gasteiger partial charge in [0.1, 0.15) is 23.2 Å². The van der Waals surface area contributed by atoms with Crippen molar-refractivity contribution < 1.29 is 14.3 Å². The van der Waals surface area contributed by atoms with Crippen molar-refractivity contribution in [3.05, 3.63) is 64.9 Å². The van der Waals surface area contributed by atoms with Crippen LogP contribution in [-0.2, 0) is 4.74 Å². The lowest BCUT2D eigenvalue weighted by Gasteiger charge is -2.12. The van der Waals surface area contributed by atoms with Gasteiger partial charge in [0.2, 0.25) is 0 Å². The molecule has 0 amide bonds. The van der Waals surface area contributed by atoms with Gasteiger partial charge in [0.15, 0.2) is 0 Å². The standard InChI is InChI=1S/C20H19ClN4O3/c1-12-22-18(24-14-5-4-6-15(10-14)27-2)11-19(23-12)25-17-9-13(20(26)28-3)7-8-16(17)21/h4-11H,1-3H3,(H2,22,23,24,25). The summed E-state index contributed by atoms with van der Waals surface area (Å²) in [4.78, 5) is 20.5. The fraction of sp³-hybridized carbons (Fsp3) is 0.150. The third-order valence-electron chi connectivity index (χ3n) is 3.83. The van der Waals surface area contributed by atoms with E-state index in [1.807, 2.05) is 24.3 Å². The van der Waals surface area contributed by atoms with E-state index in [1.165, 1.54) is 7.11 Å².